The molecule has 0 spiro atoms. The molecule has 3 heterocycles. The van der Waals surface area contributed by atoms with Gasteiger partial charge in [-0.25, -0.2) is 0 Å². The Labute approximate surface area is 143 Å². The summed E-state index contributed by atoms with van der Waals surface area (Å²) in [6.45, 7) is 6.28. The Hall–Kier alpha value is -2.94. The lowest BCUT2D eigenvalue weighted by atomic mass is 9.85. The Balaban J connectivity index is 2.18. The van der Waals surface area contributed by atoms with Crippen LogP contribution in [0.4, 0.5) is 0 Å². The molecular formula is C22H17NO2. The summed E-state index contributed by atoms with van der Waals surface area (Å²) in [6, 6.07) is 15.2. The molecule has 0 aliphatic rings. The summed E-state index contributed by atoms with van der Waals surface area (Å²) < 4.78 is 2.07. The zero-order valence-electron chi connectivity index (χ0n) is 14.4. The molecule has 5 aromatic rings. The number of fused-ring (bicyclic) bond motifs is 3. The van der Waals surface area contributed by atoms with Crippen molar-refractivity contribution in [1.29, 1.82) is 0 Å². The minimum atomic E-state index is -0.131. The van der Waals surface area contributed by atoms with Gasteiger partial charge in [-0.3, -0.25) is 9.59 Å². The third-order valence-corrected chi connectivity index (χ3v) is 5.23. The van der Waals surface area contributed by atoms with Crippen LogP contribution >= 0.6 is 0 Å². The van der Waals surface area contributed by atoms with E-state index in [-0.39, 0.29) is 16.3 Å². The van der Waals surface area contributed by atoms with Crippen molar-refractivity contribution in [2.75, 3.05) is 0 Å². The van der Waals surface area contributed by atoms with E-state index < -0.39 is 0 Å². The van der Waals surface area contributed by atoms with Crippen LogP contribution in [0.15, 0.2) is 58.1 Å². The van der Waals surface area contributed by atoms with Gasteiger partial charge in [-0.15, -0.1) is 0 Å². The van der Waals surface area contributed by atoms with Crippen LogP contribution < -0.4 is 10.9 Å². The van der Waals surface area contributed by atoms with Crippen molar-refractivity contribution in [1.82, 2.24) is 4.40 Å². The Morgan fingerprint density at radius 1 is 0.720 bits per heavy atom. The predicted molar refractivity (Wildman–Crippen MR) is 104 cm³/mol. The lowest BCUT2D eigenvalue weighted by molar-refractivity contribution is 0.591. The summed E-state index contributed by atoms with van der Waals surface area (Å²) >= 11 is 0. The van der Waals surface area contributed by atoms with Crippen LogP contribution in [0.2, 0.25) is 0 Å². The molecule has 2 aromatic carbocycles. The molecule has 0 unspecified atom stereocenters. The van der Waals surface area contributed by atoms with E-state index in [1.165, 1.54) is 0 Å². The van der Waals surface area contributed by atoms with Crippen molar-refractivity contribution >= 4 is 38.1 Å². The van der Waals surface area contributed by atoms with Crippen LogP contribution in [0.3, 0.4) is 0 Å². The lowest BCUT2D eigenvalue weighted by Gasteiger charge is -2.20. The third-order valence-electron chi connectivity index (χ3n) is 5.23. The van der Waals surface area contributed by atoms with Gasteiger partial charge in [-0.1, -0.05) is 45.0 Å². The van der Waals surface area contributed by atoms with Crippen molar-refractivity contribution in [3.8, 4) is 0 Å². The van der Waals surface area contributed by atoms with Crippen molar-refractivity contribution in [3.63, 3.8) is 0 Å². The predicted octanol–water partition coefficient (Wildman–Crippen LogP) is 4.29. The summed E-state index contributed by atoms with van der Waals surface area (Å²) in [5.74, 6) is 0. The standard InChI is InChI=1S/C22H17NO2/c1-22(2,3)12-8-15-19(24)10-17-13-6-4-5-7-14(13)18-11-20(25)16(9-12)21(15)23(17)18/h4-11H,1-3H3. The van der Waals surface area contributed by atoms with Gasteiger partial charge in [0.05, 0.1) is 16.6 Å². The van der Waals surface area contributed by atoms with Gasteiger partial charge in [0.25, 0.3) is 0 Å². The fourth-order valence-electron chi connectivity index (χ4n) is 3.91. The second-order valence-corrected chi connectivity index (χ2v) is 7.84. The average molecular weight is 327 g/mol. The first kappa shape index (κ1) is 14.4. The van der Waals surface area contributed by atoms with Crippen molar-refractivity contribution in [3.05, 3.63) is 74.5 Å². The molecule has 0 amide bonds. The Morgan fingerprint density at radius 3 is 1.64 bits per heavy atom. The second-order valence-electron chi connectivity index (χ2n) is 7.84. The van der Waals surface area contributed by atoms with Gasteiger partial charge in [-0.05, 0) is 23.1 Å². The first-order valence-corrected chi connectivity index (χ1v) is 8.47. The van der Waals surface area contributed by atoms with Crippen molar-refractivity contribution in [2.24, 2.45) is 0 Å². The molecule has 0 bridgehead atoms. The number of benzene rings is 2. The highest BCUT2D eigenvalue weighted by Gasteiger charge is 2.21. The Kier molecular flexibility index (Phi) is 2.52. The van der Waals surface area contributed by atoms with Crippen LogP contribution in [0.1, 0.15) is 26.3 Å². The molecule has 0 saturated heterocycles. The number of hydrogen-bond acceptors (Lipinski definition) is 2. The molecule has 0 aliphatic heterocycles. The molecular weight excluding hydrogens is 310 g/mol. The van der Waals surface area contributed by atoms with Gasteiger partial charge in [0.1, 0.15) is 0 Å². The normalized spacial score (nSPS) is 12.9. The van der Waals surface area contributed by atoms with Crippen LogP contribution in [0.5, 0.6) is 0 Å². The van der Waals surface area contributed by atoms with Crippen molar-refractivity contribution in [2.45, 2.75) is 26.2 Å². The van der Waals surface area contributed by atoms with E-state index in [0.29, 0.717) is 10.8 Å². The number of nitrogens with zero attached hydrogens (tertiary/aromatic N) is 1. The highest BCUT2D eigenvalue weighted by Crippen LogP contribution is 2.34. The molecule has 0 fully saturated rings. The molecule has 0 saturated carbocycles. The molecule has 0 aliphatic carbocycles. The molecule has 3 aromatic heterocycles. The molecule has 0 N–H and O–H groups in total. The van der Waals surface area contributed by atoms with Gasteiger partial charge in [0.15, 0.2) is 10.9 Å². The van der Waals surface area contributed by atoms with E-state index in [0.717, 1.165) is 32.9 Å². The molecule has 3 heteroatoms. The first-order chi connectivity index (χ1) is 11.9. The maximum absolute atomic E-state index is 12.9. The van der Waals surface area contributed by atoms with Gasteiger partial charge >= 0.3 is 0 Å². The lowest BCUT2D eigenvalue weighted by Crippen LogP contribution is -2.16. The summed E-state index contributed by atoms with van der Waals surface area (Å²) in [6.07, 6.45) is 0. The minimum absolute atomic E-state index is 0.0284. The topological polar surface area (TPSA) is 38.5 Å². The van der Waals surface area contributed by atoms with Crippen LogP contribution in [-0.2, 0) is 5.41 Å². The number of rotatable bonds is 0. The summed E-state index contributed by atoms with van der Waals surface area (Å²) in [4.78, 5) is 25.7. The molecule has 5 rings (SSSR count). The number of aromatic nitrogens is 1. The van der Waals surface area contributed by atoms with Crippen LogP contribution in [0.25, 0.3) is 38.1 Å². The summed E-state index contributed by atoms with van der Waals surface area (Å²) in [5, 5.41) is 3.26. The molecule has 3 nitrogen and oxygen atoms in total. The van der Waals surface area contributed by atoms with E-state index in [1.54, 1.807) is 12.1 Å². The smallest absolute Gasteiger partial charge is 0.190 e. The molecule has 25 heavy (non-hydrogen) atoms. The van der Waals surface area contributed by atoms with Gasteiger partial charge < -0.3 is 4.40 Å². The number of hydrogen-bond donors (Lipinski definition) is 0. The van der Waals surface area contributed by atoms with Crippen molar-refractivity contribution < 1.29 is 0 Å². The number of pyridine rings is 2. The zero-order chi connectivity index (χ0) is 17.5. The fraction of sp³-hybridized carbons (Fsp3) is 0.182. The molecule has 0 radical (unpaired) electrons. The zero-order valence-corrected chi connectivity index (χ0v) is 14.4. The molecule has 122 valence electrons. The average Bonchev–Trinajstić information content (AvgIpc) is 2.88. The van der Waals surface area contributed by atoms with E-state index in [1.807, 2.05) is 36.4 Å². The SMILES string of the molecule is CC(C)(C)c1cc2c(=O)cc3c4ccccc4c4cc(=O)c(c1)c2n34. The largest absolute Gasteiger partial charge is 0.307 e. The van der Waals surface area contributed by atoms with Crippen LogP contribution in [-0.4, -0.2) is 4.40 Å². The van der Waals surface area contributed by atoms with E-state index >= 15 is 0 Å². The van der Waals surface area contributed by atoms with Gasteiger partial charge in [0.2, 0.25) is 0 Å². The minimum Gasteiger partial charge on any atom is -0.307 e. The highest BCUT2D eigenvalue weighted by molar-refractivity contribution is 6.13. The highest BCUT2D eigenvalue weighted by atomic mass is 16.1. The van der Waals surface area contributed by atoms with E-state index in [4.69, 9.17) is 0 Å². The maximum Gasteiger partial charge on any atom is 0.190 e. The maximum atomic E-state index is 12.9. The van der Waals surface area contributed by atoms with Crippen LogP contribution in [0, 0.1) is 0 Å². The second kappa shape index (κ2) is 4.37. The van der Waals surface area contributed by atoms with Gasteiger partial charge in [-0.2, -0.15) is 0 Å². The van der Waals surface area contributed by atoms with E-state index in [2.05, 4.69) is 25.2 Å². The summed E-state index contributed by atoms with van der Waals surface area (Å²) in [5.41, 5.74) is 3.31. The third kappa shape index (κ3) is 1.75. The van der Waals surface area contributed by atoms with E-state index in [9.17, 15) is 9.59 Å². The molecule has 0 atom stereocenters. The van der Waals surface area contributed by atoms with Gasteiger partial charge in [0, 0.05) is 33.7 Å². The monoisotopic (exact) mass is 327 g/mol. The Morgan fingerprint density at radius 2 is 1.20 bits per heavy atom. The summed E-state index contributed by atoms with van der Waals surface area (Å²) in [7, 11) is 0. The first-order valence-electron chi connectivity index (χ1n) is 8.47. The quantitative estimate of drug-likeness (QED) is 0.425. The fourth-order valence-corrected chi connectivity index (χ4v) is 3.91. The Bertz CT molecular complexity index is 1310.